The van der Waals surface area contributed by atoms with Crippen LogP contribution in [0.15, 0.2) is 41.4 Å². The van der Waals surface area contributed by atoms with Crippen LogP contribution in [0.5, 0.6) is 11.5 Å². The van der Waals surface area contributed by atoms with Crippen molar-refractivity contribution in [2.75, 3.05) is 27.6 Å². The van der Waals surface area contributed by atoms with Crippen molar-refractivity contribution in [3.8, 4) is 22.6 Å². The van der Waals surface area contributed by atoms with Gasteiger partial charge in [-0.05, 0) is 60.7 Å². The molecule has 0 bridgehead atoms. The summed E-state index contributed by atoms with van der Waals surface area (Å²) in [4.78, 5) is 19.4. The topological polar surface area (TPSA) is 86.4 Å². The minimum Gasteiger partial charge on any atom is -0.497 e. The standard InChI is InChI=1S/C22H24ClN3O4/c1-26-20(27)22(25-21(26)24)7-3-4-8-29-13-30-19-6-5-14(11-18(19)22)15-9-16(23)12-17(10-15)28-2/h5-6,9-12H,3-4,7-8,13H2,1-2H3,(H2,24,25). The van der Waals surface area contributed by atoms with Crippen LogP contribution in [0.25, 0.3) is 11.1 Å². The van der Waals surface area contributed by atoms with E-state index in [2.05, 4.69) is 4.99 Å². The molecule has 0 fully saturated rings. The van der Waals surface area contributed by atoms with Gasteiger partial charge in [-0.15, -0.1) is 0 Å². The number of carbonyl (C=O) groups is 1. The summed E-state index contributed by atoms with van der Waals surface area (Å²) >= 11 is 6.27. The molecule has 2 N–H and O–H groups in total. The Hall–Kier alpha value is -2.77. The van der Waals surface area contributed by atoms with Crippen molar-refractivity contribution in [1.29, 1.82) is 0 Å². The van der Waals surface area contributed by atoms with Crippen molar-refractivity contribution in [3.05, 3.63) is 47.0 Å². The van der Waals surface area contributed by atoms with E-state index in [-0.39, 0.29) is 18.7 Å². The number of halogens is 1. The van der Waals surface area contributed by atoms with E-state index in [0.29, 0.717) is 35.1 Å². The number of benzene rings is 2. The third-order valence-corrected chi connectivity index (χ3v) is 5.77. The average Bonchev–Trinajstić information content (AvgIpc) is 2.97. The fraction of sp³-hybridized carbons (Fsp3) is 0.364. The molecule has 7 nitrogen and oxygen atoms in total. The highest BCUT2D eigenvalue weighted by Crippen LogP contribution is 2.44. The number of hydrogen-bond acceptors (Lipinski definition) is 6. The summed E-state index contributed by atoms with van der Waals surface area (Å²) < 4.78 is 16.8. The van der Waals surface area contributed by atoms with Crippen molar-refractivity contribution < 1.29 is 19.0 Å². The summed E-state index contributed by atoms with van der Waals surface area (Å²) in [6, 6.07) is 11.2. The van der Waals surface area contributed by atoms with E-state index >= 15 is 0 Å². The molecule has 0 saturated carbocycles. The third kappa shape index (κ3) is 3.59. The van der Waals surface area contributed by atoms with Gasteiger partial charge in [0.05, 0.1) is 13.7 Å². The maximum absolute atomic E-state index is 13.3. The van der Waals surface area contributed by atoms with Crippen LogP contribution in [-0.2, 0) is 15.1 Å². The fourth-order valence-electron chi connectivity index (χ4n) is 3.93. The third-order valence-electron chi connectivity index (χ3n) is 5.55. The van der Waals surface area contributed by atoms with E-state index in [4.69, 9.17) is 31.5 Å². The summed E-state index contributed by atoms with van der Waals surface area (Å²) in [5.41, 5.74) is 7.33. The largest absolute Gasteiger partial charge is 0.497 e. The van der Waals surface area contributed by atoms with Gasteiger partial charge in [0.2, 0.25) is 0 Å². The van der Waals surface area contributed by atoms with Gasteiger partial charge in [0.15, 0.2) is 18.3 Å². The summed E-state index contributed by atoms with van der Waals surface area (Å²) in [6.45, 7) is 0.672. The van der Waals surface area contributed by atoms with Crippen LogP contribution in [0, 0.1) is 0 Å². The summed E-state index contributed by atoms with van der Waals surface area (Å²) in [5.74, 6) is 1.24. The molecule has 30 heavy (non-hydrogen) atoms. The number of nitrogens with zero attached hydrogens (tertiary/aromatic N) is 2. The maximum atomic E-state index is 13.3. The Bertz CT molecular complexity index is 1010. The molecule has 1 amide bonds. The van der Waals surface area contributed by atoms with E-state index < -0.39 is 5.54 Å². The van der Waals surface area contributed by atoms with Gasteiger partial charge in [0.1, 0.15) is 11.5 Å². The molecule has 2 heterocycles. The van der Waals surface area contributed by atoms with Gasteiger partial charge in [-0.25, -0.2) is 4.99 Å². The number of aliphatic imine (C=N–C) groups is 1. The lowest BCUT2D eigenvalue weighted by Crippen LogP contribution is -2.41. The van der Waals surface area contributed by atoms with Crippen LogP contribution < -0.4 is 15.2 Å². The van der Waals surface area contributed by atoms with E-state index in [0.717, 1.165) is 24.0 Å². The van der Waals surface area contributed by atoms with Crippen LogP contribution in [0.2, 0.25) is 5.02 Å². The predicted octanol–water partition coefficient (Wildman–Crippen LogP) is 3.53. The van der Waals surface area contributed by atoms with Crippen LogP contribution >= 0.6 is 11.6 Å². The minimum absolute atomic E-state index is 0.108. The highest BCUT2D eigenvalue weighted by molar-refractivity contribution is 6.31. The van der Waals surface area contributed by atoms with Crippen LogP contribution in [0.1, 0.15) is 24.8 Å². The molecule has 2 aromatic carbocycles. The van der Waals surface area contributed by atoms with Gasteiger partial charge in [-0.1, -0.05) is 17.7 Å². The van der Waals surface area contributed by atoms with Crippen molar-refractivity contribution in [3.63, 3.8) is 0 Å². The highest BCUT2D eigenvalue weighted by atomic mass is 35.5. The lowest BCUT2D eigenvalue weighted by atomic mass is 9.82. The molecule has 1 atom stereocenters. The maximum Gasteiger partial charge on any atom is 0.261 e. The number of fused-ring (bicyclic) bond motifs is 2. The first-order chi connectivity index (χ1) is 14.4. The first kappa shape index (κ1) is 20.5. The lowest BCUT2D eigenvalue weighted by molar-refractivity contribution is -0.131. The molecule has 0 radical (unpaired) electrons. The molecule has 2 aliphatic heterocycles. The van der Waals surface area contributed by atoms with E-state index in [1.807, 2.05) is 30.3 Å². The monoisotopic (exact) mass is 429 g/mol. The molecule has 8 heteroatoms. The molecule has 0 saturated heterocycles. The van der Waals surface area contributed by atoms with Gasteiger partial charge in [-0.3, -0.25) is 9.69 Å². The number of methoxy groups -OCH3 is 1. The van der Waals surface area contributed by atoms with Crippen molar-refractivity contribution in [2.24, 2.45) is 10.7 Å². The van der Waals surface area contributed by atoms with Crippen LogP contribution in [0.4, 0.5) is 0 Å². The lowest BCUT2D eigenvalue weighted by Gasteiger charge is -2.29. The predicted molar refractivity (Wildman–Crippen MR) is 115 cm³/mol. The molecule has 4 rings (SSSR count). The number of carbonyl (C=O) groups excluding carboxylic acids is 1. The number of guanidine groups is 1. The Morgan fingerprint density at radius 1 is 1.20 bits per heavy atom. The van der Waals surface area contributed by atoms with Gasteiger partial charge in [0, 0.05) is 17.6 Å². The number of likely N-dealkylation sites (N-methyl/N-ethyl adjacent to an activating group) is 1. The van der Waals surface area contributed by atoms with Crippen molar-refractivity contribution in [2.45, 2.75) is 24.8 Å². The van der Waals surface area contributed by atoms with E-state index in [1.165, 1.54) is 4.90 Å². The molecule has 1 spiro atoms. The zero-order chi connectivity index (χ0) is 21.3. The molecular formula is C22H24ClN3O4. The Kier molecular flexibility index (Phi) is 5.58. The second-order valence-corrected chi connectivity index (χ2v) is 7.85. The van der Waals surface area contributed by atoms with E-state index in [1.54, 1.807) is 20.2 Å². The van der Waals surface area contributed by atoms with E-state index in [9.17, 15) is 4.79 Å². The fourth-order valence-corrected chi connectivity index (χ4v) is 4.15. The second kappa shape index (κ2) is 8.16. The second-order valence-electron chi connectivity index (χ2n) is 7.41. The van der Waals surface area contributed by atoms with Crippen LogP contribution in [0.3, 0.4) is 0 Å². The molecule has 2 aliphatic rings. The Morgan fingerprint density at radius 3 is 2.77 bits per heavy atom. The zero-order valence-electron chi connectivity index (χ0n) is 17.0. The highest BCUT2D eigenvalue weighted by Gasteiger charge is 2.49. The number of amides is 1. The quantitative estimate of drug-likeness (QED) is 0.789. The first-order valence-corrected chi connectivity index (χ1v) is 10.2. The van der Waals surface area contributed by atoms with Gasteiger partial charge < -0.3 is 19.9 Å². The Balaban J connectivity index is 1.89. The van der Waals surface area contributed by atoms with Gasteiger partial charge >= 0.3 is 0 Å². The number of hydrogen-bond donors (Lipinski definition) is 1. The van der Waals surface area contributed by atoms with Gasteiger partial charge in [-0.2, -0.15) is 0 Å². The van der Waals surface area contributed by atoms with Crippen molar-refractivity contribution in [1.82, 2.24) is 4.90 Å². The molecule has 2 aromatic rings. The molecular weight excluding hydrogens is 406 g/mol. The van der Waals surface area contributed by atoms with Crippen molar-refractivity contribution >= 4 is 23.5 Å². The summed E-state index contributed by atoms with van der Waals surface area (Å²) in [6.07, 6.45) is 2.09. The zero-order valence-corrected chi connectivity index (χ0v) is 17.7. The Morgan fingerprint density at radius 2 is 2.03 bits per heavy atom. The SMILES string of the molecule is COc1cc(Cl)cc(-c2ccc3c(c2)C2(CCCCOCO3)N=C(N)N(C)C2=O)c1. The molecule has 0 aliphatic carbocycles. The summed E-state index contributed by atoms with van der Waals surface area (Å²) in [7, 11) is 3.24. The number of rotatable bonds is 2. The minimum atomic E-state index is -1.12. The van der Waals surface area contributed by atoms with Crippen LogP contribution in [-0.4, -0.2) is 44.3 Å². The molecule has 158 valence electrons. The number of nitrogens with two attached hydrogens (primary N) is 1. The molecule has 1 unspecified atom stereocenters. The number of ether oxygens (including phenoxy) is 3. The van der Waals surface area contributed by atoms with Gasteiger partial charge in [0.25, 0.3) is 5.91 Å². The Labute approximate surface area is 180 Å². The first-order valence-electron chi connectivity index (χ1n) is 9.78. The average molecular weight is 430 g/mol. The molecule has 0 aromatic heterocycles. The normalized spacial score (nSPS) is 21.8. The smallest absolute Gasteiger partial charge is 0.261 e. The summed E-state index contributed by atoms with van der Waals surface area (Å²) in [5, 5.41) is 0.558.